The summed E-state index contributed by atoms with van der Waals surface area (Å²) in [5, 5.41) is 11.5. The standard InChI is InChI=1S/C23H21FN4OS2/c1-14-8-10-17(11-9-14)28-15(2)12-18(16(28)3)21(29)13-30-23-27-26-22(31-23)25-20-7-5-4-6-19(20)24/h4-12H,13H2,1-3H3,(H,25,26). The van der Waals surface area contributed by atoms with Crippen molar-refractivity contribution in [2.45, 2.75) is 25.1 Å². The van der Waals surface area contributed by atoms with Gasteiger partial charge in [-0.3, -0.25) is 4.79 Å². The van der Waals surface area contributed by atoms with Crippen molar-refractivity contribution >= 4 is 39.7 Å². The number of carbonyl (C=O) groups is 1. The summed E-state index contributed by atoms with van der Waals surface area (Å²) >= 11 is 2.62. The molecule has 0 spiro atoms. The number of benzene rings is 2. The van der Waals surface area contributed by atoms with Crippen molar-refractivity contribution in [1.29, 1.82) is 0 Å². The van der Waals surface area contributed by atoms with Crippen molar-refractivity contribution in [3.63, 3.8) is 0 Å². The third-order valence-corrected chi connectivity index (χ3v) is 6.84. The van der Waals surface area contributed by atoms with Crippen molar-refractivity contribution in [3.05, 3.63) is 82.9 Å². The second kappa shape index (κ2) is 9.03. The van der Waals surface area contributed by atoms with E-state index < -0.39 is 0 Å². The largest absolute Gasteiger partial charge is 0.328 e. The second-order valence-corrected chi connectivity index (χ2v) is 9.35. The minimum absolute atomic E-state index is 0.0373. The summed E-state index contributed by atoms with van der Waals surface area (Å²) in [6, 6.07) is 16.6. The molecular weight excluding hydrogens is 431 g/mol. The Bertz CT molecular complexity index is 1230. The number of hydrogen-bond acceptors (Lipinski definition) is 6. The Morgan fingerprint density at radius 1 is 1.10 bits per heavy atom. The fourth-order valence-electron chi connectivity index (χ4n) is 3.34. The Balaban J connectivity index is 1.44. The zero-order valence-corrected chi connectivity index (χ0v) is 19.0. The first kappa shape index (κ1) is 21.3. The molecule has 2 aromatic carbocycles. The van der Waals surface area contributed by atoms with Crippen LogP contribution < -0.4 is 5.32 Å². The van der Waals surface area contributed by atoms with Crippen molar-refractivity contribution in [2.24, 2.45) is 0 Å². The number of ketones is 1. The van der Waals surface area contributed by atoms with Gasteiger partial charge in [0.25, 0.3) is 0 Å². The van der Waals surface area contributed by atoms with Crippen molar-refractivity contribution < 1.29 is 9.18 Å². The highest BCUT2D eigenvalue weighted by molar-refractivity contribution is 8.01. The maximum absolute atomic E-state index is 13.8. The van der Waals surface area contributed by atoms with Crippen LogP contribution in [0.25, 0.3) is 5.69 Å². The van der Waals surface area contributed by atoms with Crippen LogP contribution in [0.2, 0.25) is 0 Å². The predicted octanol–water partition coefficient (Wildman–Crippen LogP) is 6.11. The molecule has 158 valence electrons. The first-order valence-electron chi connectivity index (χ1n) is 9.69. The molecule has 0 amide bonds. The number of carbonyl (C=O) groups excluding carboxylic acids is 1. The summed E-state index contributed by atoms with van der Waals surface area (Å²) in [5.74, 6) is -0.0618. The molecule has 2 aromatic heterocycles. The molecule has 0 bridgehead atoms. The zero-order valence-electron chi connectivity index (χ0n) is 17.3. The highest BCUT2D eigenvalue weighted by Crippen LogP contribution is 2.30. The van der Waals surface area contributed by atoms with Gasteiger partial charge in [-0.1, -0.05) is 52.9 Å². The molecule has 0 atom stereocenters. The maximum atomic E-state index is 13.8. The number of aryl methyl sites for hydroxylation is 2. The van der Waals surface area contributed by atoms with Crippen LogP contribution >= 0.6 is 23.1 Å². The number of nitrogens with one attached hydrogen (secondary N) is 1. The Morgan fingerprint density at radius 3 is 2.58 bits per heavy atom. The smallest absolute Gasteiger partial charge is 0.210 e. The lowest BCUT2D eigenvalue weighted by Gasteiger charge is -2.10. The SMILES string of the molecule is Cc1ccc(-n2c(C)cc(C(=O)CSc3nnc(Nc4ccccc4F)s3)c2C)cc1. The molecule has 4 aromatic rings. The Kier molecular flexibility index (Phi) is 6.20. The molecule has 0 fully saturated rings. The number of Topliss-reactive ketones (excluding diaryl/α,β-unsaturated/α-hetero) is 1. The van der Waals surface area contributed by atoms with E-state index in [1.165, 1.54) is 34.7 Å². The van der Waals surface area contributed by atoms with Crippen LogP contribution in [0, 0.1) is 26.6 Å². The number of nitrogens with zero attached hydrogens (tertiary/aromatic N) is 3. The van der Waals surface area contributed by atoms with Gasteiger partial charge in [0, 0.05) is 22.6 Å². The summed E-state index contributed by atoms with van der Waals surface area (Å²) < 4.78 is 16.5. The Hall–Kier alpha value is -2.97. The third-order valence-electron chi connectivity index (χ3n) is 4.87. The van der Waals surface area contributed by atoms with Gasteiger partial charge in [-0.15, -0.1) is 10.2 Å². The number of para-hydroxylation sites is 1. The van der Waals surface area contributed by atoms with Gasteiger partial charge in [-0.05, 0) is 51.1 Å². The fourth-order valence-corrected chi connectivity index (χ4v) is 4.99. The van der Waals surface area contributed by atoms with Gasteiger partial charge >= 0.3 is 0 Å². The number of hydrogen-bond donors (Lipinski definition) is 1. The number of anilines is 2. The van der Waals surface area contributed by atoms with Crippen LogP contribution in [-0.4, -0.2) is 26.3 Å². The average molecular weight is 453 g/mol. The minimum Gasteiger partial charge on any atom is -0.328 e. The van der Waals surface area contributed by atoms with E-state index in [0.29, 0.717) is 20.7 Å². The number of halogens is 1. The van der Waals surface area contributed by atoms with Gasteiger partial charge in [0.2, 0.25) is 5.13 Å². The van der Waals surface area contributed by atoms with E-state index in [9.17, 15) is 9.18 Å². The molecule has 1 N–H and O–H groups in total. The lowest BCUT2D eigenvalue weighted by Crippen LogP contribution is -2.05. The summed E-state index contributed by atoms with van der Waals surface area (Å²) in [7, 11) is 0. The van der Waals surface area contributed by atoms with E-state index in [4.69, 9.17) is 0 Å². The average Bonchev–Trinajstić information content (AvgIpc) is 3.32. The van der Waals surface area contributed by atoms with E-state index in [2.05, 4.69) is 51.3 Å². The summed E-state index contributed by atoms with van der Waals surface area (Å²) in [4.78, 5) is 12.9. The van der Waals surface area contributed by atoms with Crippen LogP contribution in [0.1, 0.15) is 27.3 Å². The number of aromatic nitrogens is 3. The quantitative estimate of drug-likeness (QED) is 0.271. The zero-order chi connectivity index (χ0) is 22.0. The molecule has 2 heterocycles. The molecule has 0 aliphatic rings. The Labute approximate surface area is 188 Å². The molecule has 31 heavy (non-hydrogen) atoms. The fraction of sp³-hybridized carbons (Fsp3) is 0.174. The van der Waals surface area contributed by atoms with Gasteiger partial charge in [0.05, 0.1) is 11.4 Å². The molecule has 0 saturated carbocycles. The van der Waals surface area contributed by atoms with Gasteiger partial charge in [0.1, 0.15) is 5.82 Å². The van der Waals surface area contributed by atoms with Crippen molar-refractivity contribution in [1.82, 2.24) is 14.8 Å². The van der Waals surface area contributed by atoms with Gasteiger partial charge in [0.15, 0.2) is 10.1 Å². The van der Waals surface area contributed by atoms with Gasteiger partial charge in [-0.2, -0.15) is 0 Å². The van der Waals surface area contributed by atoms with Crippen molar-refractivity contribution in [3.8, 4) is 5.69 Å². The highest BCUT2D eigenvalue weighted by atomic mass is 32.2. The predicted molar refractivity (Wildman–Crippen MR) is 125 cm³/mol. The molecule has 4 rings (SSSR count). The van der Waals surface area contributed by atoms with Crippen molar-refractivity contribution in [2.75, 3.05) is 11.1 Å². The first-order chi connectivity index (χ1) is 14.9. The molecule has 8 heteroatoms. The summed E-state index contributed by atoms with van der Waals surface area (Å²) in [6.07, 6.45) is 0. The van der Waals surface area contributed by atoms with E-state index >= 15 is 0 Å². The van der Waals surface area contributed by atoms with Crippen LogP contribution in [0.5, 0.6) is 0 Å². The lowest BCUT2D eigenvalue weighted by molar-refractivity contribution is 0.102. The molecule has 0 saturated heterocycles. The minimum atomic E-state index is -0.356. The number of rotatable bonds is 7. The van der Waals surface area contributed by atoms with E-state index in [1.54, 1.807) is 18.2 Å². The topological polar surface area (TPSA) is 59.8 Å². The molecule has 0 aliphatic heterocycles. The second-order valence-electron chi connectivity index (χ2n) is 7.15. The summed E-state index contributed by atoms with van der Waals surface area (Å²) in [6.45, 7) is 6.02. The summed E-state index contributed by atoms with van der Waals surface area (Å²) in [5.41, 5.74) is 5.22. The normalized spacial score (nSPS) is 11.0. The Morgan fingerprint density at radius 2 is 1.84 bits per heavy atom. The van der Waals surface area contributed by atoms with Crippen LogP contribution in [0.4, 0.5) is 15.2 Å². The van der Waals surface area contributed by atoms with E-state index in [1.807, 2.05) is 19.9 Å². The number of thioether (sulfide) groups is 1. The van der Waals surface area contributed by atoms with Crippen LogP contribution in [0.3, 0.4) is 0 Å². The highest BCUT2D eigenvalue weighted by Gasteiger charge is 2.18. The lowest BCUT2D eigenvalue weighted by atomic mass is 10.2. The molecule has 5 nitrogen and oxygen atoms in total. The molecule has 0 radical (unpaired) electrons. The van der Waals surface area contributed by atoms with Gasteiger partial charge < -0.3 is 9.88 Å². The molecule has 0 unspecified atom stereocenters. The van der Waals surface area contributed by atoms with E-state index in [0.717, 1.165) is 17.1 Å². The maximum Gasteiger partial charge on any atom is 0.210 e. The van der Waals surface area contributed by atoms with Gasteiger partial charge in [-0.25, -0.2) is 4.39 Å². The monoisotopic (exact) mass is 452 g/mol. The molecule has 0 aliphatic carbocycles. The van der Waals surface area contributed by atoms with E-state index in [-0.39, 0.29) is 17.4 Å². The molecular formula is C23H21FN4OS2. The first-order valence-corrected chi connectivity index (χ1v) is 11.5. The van der Waals surface area contributed by atoms with Crippen LogP contribution in [-0.2, 0) is 0 Å². The third kappa shape index (κ3) is 4.70. The van der Waals surface area contributed by atoms with Crippen LogP contribution in [0.15, 0.2) is 58.9 Å².